The third kappa shape index (κ3) is 3.75. The molecule has 2 N–H and O–H groups in total. The highest BCUT2D eigenvalue weighted by Crippen LogP contribution is 2.14. The predicted octanol–water partition coefficient (Wildman–Crippen LogP) is 1.02. The summed E-state index contributed by atoms with van der Waals surface area (Å²) in [5.41, 5.74) is 1.39. The molecule has 1 heterocycles. The van der Waals surface area contributed by atoms with Crippen LogP contribution in [0.3, 0.4) is 0 Å². The van der Waals surface area contributed by atoms with Crippen LogP contribution < -0.4 is 5.48 Å². The van der Waals surface area contributed by atoms with Crippen molar-refractivity contribution in [1.29, 1.82) is 0 Å². The Labute approximate surface area is 98.6 Å². The summed E-state index contributed by atoms with van der Waals surface area (Å²) in [5, 5.41) is 9.12. The summed E-state index contributed by atoms with van der Waals surface area (Å²) in [5.74, 6) is -1.34. The van der Waals surface area contributed by atoms with E-state index in [2.05, 4.69) is 9.82 Å². The molecule has 0 unspecified atom stereocenters. The monoisotopic (exact) mass is 238 g/mol. The molecule has 0 atom stereocenters. The molecule has 17 heavy (non-hydrogen) atoms. The molecule has 1 rings (SSSR count). The molecule has 6 nitrogen and oxygen atoms in total. The molecule has 1 amide bonds. The van der Waals surface area contributed by atoms with Crippen LogP contribution in [0.2, 0.25) is 0 Å². The second-order valence-corrected chi connectivity index (χ2v) is 4.50. The first-order chi connectivity index (χ1) is 7.80. The minimum Gasteiger partial charge on any atom is -0.506 e. The van der Waals surface area contributed by atoms with Crippen molar-refractivity contribution in [2.75, 3.05) is 0 Å². The molecule has 0 saturated heterocycles. The zero-order valence-electron chi connectivity index (χ0n) is 9.85. The Bertz CT molecular complexity index is 437. The molecule has 0 radical (unpaired) electrons. The van der Waals surface area contributed by atoms with Crippen LogP contribution >= 0.6 is 0 Å². The Morgan fingerprint density at radius 2 is 2.00 bits per heavy atom. The third-order valence-corrected chi connectivity index (χ3v) is 1.83. The molecule has 92 valence electrons. The molecule has 0 aliphatic heterocycles. The largest absolute Gasteiger partial charge is 0.506 e. The summed E-state index contributed by atoms with van der Waals surface area (Å²) in [6.07, 6.45) is 2.44. The van der Waals surface area contributed by atoms with Crippen LogP contribution in [0.1, 0.15) is 31.1 Å². The van der Waals surface area contributed by atoms with Crippen molar-refractivity contribution in [3.8, 4) is 5.75 Å². The van der Waals surface area contributed by atoms with E-state index < -0.39 is 17.3 Å². The lowest BCUT2D eigenvalue weighted by Gasteiger charge is -2.15. The lowest BCUT2D eigenvalue weighted by molar-refractivity contribution is -0.158. The first kappa shape index (κ1) is 13.0. The zero-order chi connectivity index (χ0) is 13.1. The van der Waals surface area contributed by atoms with E-state index in [1.165, 1.54) is 18.5 Å². The van der Waals surface area contributed by atoms with Crippen LogP contribution in [0.5, 0.6) is 5.75 Å². The number of aromatic hydroxyl groups is 1. The fraction of sp³-hybridized carbons (Fsp3) is 0.364. The van der Waals surface area contributed by atoms with Gasteiger partial charge in [-0.25, -0.2) is 4.79 Å². The Hall–Kier alpha value is -2.11. The van der Waals surface area contributed by atoms with Crippen LogP contribution in [-0.2, 0) is 9.63 Å². The predicted molar refractivity (Wildman–Crippen MR) is 58.9 cm³/mol. The maximum absolute atomic E-state index is 11.5. The van der Waals surface area contributed by atoms with Gasteiger partial charge in [-0.3, -0.25) is 9.78 Å². The van der Waals surface area contributed by atoms with Gasteiger partial charge in [0.05, 0.1) is 17.2 Å². The number of rotatable bonds is 1. The van der Waals surface area contributed by atoms with Gasteiger partial charge in [-0.2, -0.15) is 5.48 Å². The first-order valence-electron chi connectivity index (χ1n) is 4.96. The molecule has 6 heteroatoms. The summed E-state index contributed by atoms with van der Waals surface area (Å²) >= 11 is 0. The van der Waals surface area contributed by atoms with E-state index in [0.717, 1.165) is 0 Å². The summed E-state index contributed by atoms with van der Waals surface area (Å²) in [4.78, 5) is 31.1. The number of nitrogens with zero attached hydrogens (tertiary/aromatic N) is 1. The van der Waals surface area contributed by atoms with Crippen molar-refractivity contribution in [1.82, 2.24) is 10.5 Å². The van der Waals surface area contributed by atoms with Gasteiger partial charge in [0.1, 0.15) is 5.75 Å². The highest BCUT2D eigenvalue weighted by Gasteiger charge is 2.24. The Morgan fingerprint density at radius 1 is 1.35 bits per heavy atom. The highest BCUT2D eigenvalue weighted by molar-refractivity contribution is 5.94. The van der Waals surface area contributed by atoms with E-state index >= 15 is 0 Å². The Balaban J connectivity index is 2.60. The van der Waals surface area contributed by atoms with Crippen LogP contribution in [0.15, 0.2) is 18.5 Å². The maximum atomic E-state index is 11.5. The highest BCUT2D eigenvalue weighted by atomic mass is 16.7. The molecule has 0 bridgehead atoms. The topological polar surface area (TPSA) is 88.5 Å². The second kappa shape index (κ2) is 4.82. The van der Waals surface area contributed by atoms with Gasteiger partial charge in [0.15, 0.2) is 0 Å². The minimum atomic E-state index is -0.704. The molecule has 0 spiro atoms. The second-order valence-electron chi connectivity index (χ2n) is 4.50. The SMILES string of the molecule is CC(C)(C)C(=O)ONC(=O)c1cncc(O)c1. The number of carbonyl (C=O) groups is 2. The molecule has 0 saturated carbocycles. The van der Waals surface area contributed by atoms with E-state index in [-0.39, 0.29) is 11.3 Å². The Morgan fingerprint density at radius 3 is 2.53 bits per heavy atom. The van der Waals surface area contributed by atoms with Gasteiger partial charge in [-0.1, -0.05) is 0 Å². The molecular weight excluding hydrogens is 224 g/mol. The Kier molecular flexibility index (Phi) is 3.67. The molecular formula is C11H14N2O4. The van der Waals surface area contributed by atoms with Crippen molar-refractivity contribution < 1.29 is 19.5 Å². The first-order valence-corrected chi connectivity index (χ1v) is 4.96. The van der Waals surface area contributed by atoms with Crippen LogP contribution in [0, 0.1) is 5.41 Å². The normalized spacial score (nSPS) is 10.8. The van der Waals surface area contributed by atoms with Gasteiger partial charge >= 0.3 is 5.97 Å². The summed E-state index contributed by atoms with van der Waals surface area (Å²) in [6.45, 7) is 4.99. The average molecular weight is 238 g/mol. The smallest absolute Gasteiger partial charge is 0.337 e. The summed E-state index contributed by atoms with van der Waals surface area (Å²) < 4.78 is 0. The molecule has 0 aromatic carbocycles. The van der Waals surface area contributed by atoms with Crippen LogP contribution in [-0.4, -0.2) is 22.0 Å². The van der Waals surface area contributed by atoms with Gasteiger partial charge in [-0.05, 0) is 26.8 Å². The number of hydrogen-bond acceptors (Lipinski definition) is 5. The quantitative estimate of drug-likeness (QED) is 0.713. The van der Waals surface area contributed by atoms with Crippen LogP contribution in [0.4, 0.5) is 0 Å². The number of hydroxylamine groups is 1. The number of pyridine rings is 1. The number of nitrogens with one attached hydrogen (secondary N) is 1. The molecule has 0 fully saturated rings. The number of carbonyl (C=O) groups excluding carboxylic acids is 2. The van der Waals surface area contributed by atoms with Crippen molar-refractivity contribution >= 4 is 11.9 Å². The minimum absolute atomic E-state index is 0.103. The standard InChI is InChI=1S/C11H14N2O4/c1-11(2,3)10(16)17-13-9(15)7-4-8(14)6-12-5-7/h4-6,14H,1-3H3,(H,13,15). The maximum Gasteiger partial charge on any atom is 0.337 e. The van der Waals surface area contributed by atoms with E-state index in [1.807, 2.05) is 5.48 Å². The van der Waals surface area contributed by atoms with Crippen molar-refractivity contribution in [2.24, 2.45) is 5.41 Å². The molecule has 0 aliphatic rings. The van der Waals surface area contributed by atoms with Crippen molar-refractivity contribution in [3.05, 3.63) is 24.0 Å². The number of aromatic nitrogens is 1. The lowest BCUT2D eigenvalue weighted by Crippen LogP contribution is -2.33. The van der Waals surface area contributed by atoms with Gasteiger partial charge in [0.25, 0.3) is 5.91 Å². The zero-order valence-corrected chi connectivity index (χ0v) is 9.85. The van der Waals surface area contributed by atoms with Crippen LogP contribution in [0.25, 0.3) is 0 Å². The number of amides is 1. The molecule has 1 aromatic heterocycles. The van der Waals surface area contributed by atoms with Gasteiger partial charge in [-0.15, -0.1) is 0 Å². The van der Waals surface area contributed by atoms with Crippen molar-refractivity contribution in [3.63, 3.8) is 0 Å². The van der Waals surface area contributed by atoms with E-state index in [4.69, 9.17) is 5.11 Å². The van der Waals surface area contributed by atoms with Gasteiger partial charge in [0.2, 0.25) is 0 Å². The van der Waals surface area contributed by atoms with E-state index in [9.17, 15) is 9.59 Å². The fourth-order valence-electron chi connectivity index (χ4n) is 0.857. The molecule has 0 aliphatic carbocycles. The fourth-order valence-corrected chi connectivity index (χ4v) is 0.857. The summed E-state index contributed by atoms with van der Waals surface area (Å²) in [7, 11) is 0. The molecule has 1 aromatic rings. The number of hydrogen-bond donors (Lipinski definition) is 2. The average Bonchev–Trinajstić information content (AvgIpc) is 2.24. The third-order valence-electron chi connectivity index (χ3n) is 1.83. The van der Waals surface area contributed by atoms with Crippen molar-refractivity contribution in [2.45, 2.75) is 20.8 Å². The van der Waals surface area contributed by atoms with Gasteiger partial charge < -0.3 is 9.94 Å². The van der Waals surface area contributed by atoms with Gasteiger partial charge in [0, 0.05) is 6.20 Å². The van der Waals surface area contributed by atoms with E-state index in [1.54, 1.807) is 20.8 Å². The lowest BCUT2D eigenvalue weighted by atomic mass is 9.98. The summed E-state index contributed by atoms with van der Waals surface area (Å²) in [6, 6.07) is 1.22. The van der Waals surface area contributed by atoms with E-state index in [0.29, 0.717) is 0 Å².